The molecule has 0 aliphatic carbocycles. The van der Waals surface area contributed by atoms with E-state index in [0.29, 0.717) is 12.1 Å². The van der Waals surface area contributed by atoms with Crippen LogP contribution in [0.25, 0.3) is 11.0 Å². The van der Waals surface area contributed by atoms with Crippen molar-refractivity contribution in [2.24, 2.45) is 0 Å². The highest BCUT2D eigenvalue weighted by Crippen LogP contribution is 2.21. The predicted octanol–water partition coefficient (Wildman–Crippen LogP) is 2.83. The molecule has 0 aliphatic rings. The fourth-order valence-electron chi connectivity index (χ4n) is 2.80. The first-order chi connectivity index (χ1) is 11.0. The molecule has 0 saturated heterocycles. The summed E-state index contributed by atoms with van der Waals surface area (Å²) in [5, 5.41) is 10.3. The molecule has 1 N–H and O–H groups in total. The number of aryl methyl sites for hydroxylation is 1. The molecule has 2 aromatic carbocycles. The molecule has 0 saturated carbocycles. The van der Waals surface area contributed by atoms with Crippen LogP contribution >= 0.6 is 0 Å². The molecule has 4 nitrogen and oxygen atoms in total. The second-order valence-corrected chi connectivity index (χ2v) is 5.31. The van der Waals surface area contributed by atoms with E-state index in [0.717, 1.165) is 17.6 Å². The van der Waals surface area contributed by atoms with Gasteiger partial charge in [-0.25, -0.2) is 13.6 Å². The van der Waals surface area contributed by atoms with Crippen molar-refractivity contribution in [3.05, 3.63) is 70.1 Å². The molecule has 0 unspecified atom stereocenters. The summed E-state index contributed by atoms with van der Waals surface area (Å²) in [5.41, 5.74) is 1.12. The fraction of sp³-hybridized carbons (Fsp3) is 0.235. The number of imidazole rings is 1. The number of nitrogens with zero attached hydrogens (tertiary/aromatic N) is 2. The number of benzene rings is 2. The zero-order valence-electron chi connectivity index (χ0n) is 12.5. The third-order valence-electron chi connectivity index (χ3n) is 3.92. The van der Waals surface area contributed by atoms with Crippen LogP contribution in [0.15, 0.2) is 47.3 Å². The van der Waals surface area contributed by atoms with E-state index >= 15 is 0 Å². The maximum atomic E-state index is 13.8. The van der Waals surface area contributed by atoms with Gasteiger partial charge in [-0.05, 0) is 25.1 Å². The molecule has 0 aliphatic heterocycles. The van der Waals surface area contributed by atoms with Gasteiger partial charge in [-0.1, -0.05) is 18.2 Å². The minimum Gasteiger partial charge on any atom is -0.386 e. The summed E-state index contributed by atoms with van der Waals surface area (Å²) >= 11 is 0. The summed E-state index contributed by atoms with van der Waals surface area (Å²) in [6.07, 6.45) is -1.25. The number of aliphatic hydroxyl groups is 1. The summed E-state index contributed by atoms with van der Waals surface area (Å²) in [7, 11) is 0. The largest absolute Gasteiger partial charge is 0.386 e. The van der Waals surface area contributed by atoms with Gasteiger partial charge in [0.05, 0.1) is 23.7 Å². The van der Waals surface area contributed by atoms with Crippen LogP contribution in [0.3, 0.4) is 0 Å². The molecule has 3 aromatic rings. The van der Waals surface area contributed by atoms with Gasteiger partial charge in [0.2, 0.25) is 0 Å². The SMILES string of the molecule is CCn1c(=O)n(C[C@H](O)c2ccc(F)cc2F)c2ccccc21. The summed E-state index contributed by atoms with van der Waals surface area (Å²) in [6, 6.07) is 10.2. The number of para-hydroxylation sites is 2. The summed E-state index contributed by atoms with van der Waals surface area (Å²) in [6.45, 7) is 2.25. The van der Waals surface area contributed by atoms with Gasteiger partial charge in [0.1, 0.15) is 11.6 Å². The Labute approximate surface area is 131 Å². The van der Waals surface area contributed by atoms with E-state index in [1.807, 2.05) is 19.1 Å². The number of hydrogen-bond acceptors (Lipinski definition) is 2. The van der Waals surface area contributed by atoms with E-state index in [9.17, 15) is 18.7 Å². The number of hydrogen-bond donors (Lipinski definition) is 1. The van der Waals surface area contributed by atoms with E-state index < -0.39 is 17.7 Å². The molecular formula is C17H16F2N2O2. The lowest BCUT2D eigenvalue weighted by atomic mass is 10.1. The van der Waals surface area contributed by atoms with Gasteiger partial charge in [0, 0.05) is 18.2 Å². The van der Waals surface area contributed by atoms with E-state index in [2.05, 4.69) is 0 Å². The Balaban J connectivity index is 2.04. The molecule has 0 radical (unpaired) electrons. The topological polar surface area (TPSA) is 47.2 Å². The molecule has 1 heterocycles. The van der Waals surface area contributed by atoms with Gasteiger partial charge in [-0.3, -0.25) is 9.13 Å². The average molecular weight is 318 g/mol. The van der Waals surface area contributed by atoms with Crippen LogP contribution in [0, 0.1) is 11.6 Å². The van der Waals surface area contributed by atoms with Crippen LogP contribution < -0.4 is 5.69 Å². The molecule has 23 heavy (non-hydrogen) atoms. The quantitative estimate of drug-likeness (QED) is 0.804. The van der Waals surface area contributed by atoms with Gasteiger partial charge in [-0.2, -0.15) is 0 Å². The third kappa shape index (κ3) is 2.66. The van der Waals surface area contributed by atoms with Crippen LogP contribution in [-0.2, 0) is 13.1 Å². The molecule has 0 spiro atoms. The van der Waals surface area contributed by atoms with Crippen molar-refractivity contribution < 1.29 is 13.9 Å². The van der Waals surface area contributed by atoms with Crippen molar-refractivity contribution in [2.75, 3.05) is 0 Å². The van der Waals surface area contributed by atoms with Gasteiger partial charge >= 0.3 is 5.69 Å². The lowest BCUT2D eigenvalue weighted by Crippen LogP contribution is -2.26. The Morgan fingerprint density at radius 2 is 1.74 bits per heavy atom. The van der Waals surface area contributed by atoms with Gasteiger partial charge in [-0.15, -0.1) is 0 Å². The molecule has 0 fully saturated rings. The Morgan fingerprint density at radius 3 is 2.35 bits per heavy atom. The van der Waals surface area contributed by atoms with Crippen LogP contribution in [0.1, 0.15) is 18.6 Å². The van der Waals surface area contributed by atoms with E-state index in [4.69, 9.17) is 0 Å². The van der Waals surface area contributed by atoms with E-state index in [-0.39, 0.29) is 17.8 Å². The van der Waals surface area contributed by atoms with Crippen LogP contribution in [-0.4, -0.2) is 14.2 Å². The highest BCUT2D eigenvalue weighted by atomic mass is 19.1. The van der Waals surface area contributed by atoms with Crippen molar-refractivity contribution in [1.29, 1.82) is 0 Å². The predicted molar refractivity (Wildman–Crippen MR) is 83.2 cm³/mol. The first-order valence-corrected chi connectivity index (χ1v) is 7.34. The highest BCUT2D eigenvalue weighted by molar-refractivity contribution is 5.76. The van der Waals surface area contributed by atoms with Crippen molar-refractivity contribution in [3.8, 4) is 0 Å². The minimum atomic E-state index is -1.25. The van der Waals surface area contributed by atoms with Gasteiger partial charge in [0.15, 0.2) is 0 Å². The van der Waals surface area contributed by atoms with Crippen molar-refractivity contribution in [1.82, 2.24) is 9.13 Å². The van der Waals surface area contributed by atoms with Gasteiger partial charge < -0.3 is 5.11 Å². The normalized spacial score (nSPS) is 12.7. The lowest BCUT2D eigenvalue weighted by molar-refractivity contribution is 0.152. The van der Waals surface area contributed by atoms with Crippen LogP contribution in [0.2, 0.25) is 0 Å². The number of rotatable bonds is 4. The molecule has 120 valence electrons. The second kappa shape index (κ2) is 5.96. The van der Waals surface area contributed by atoms with Crippen LogP contribution in [0.5, 0.6) is 0 Å². The van der Waals surface area contributed by atoms with Crippen molar-refractivity contribution in [2.45, 2.75) is 26.1 Å². The average Bonchev–Trinajstić information content (AvgIpc) is 2.79. The summed E-state index contributed by atoms with van der Waals surface area (Å²) in [4.78, 5) is 12.5. The standard InChI is InChI=1S/C17H16F2N2O2/c1-2-20-14-5-3-4-6-15(14)21(17(20)23)10-16(22)12-8-7-11(18)9-13(12)19/h3-9,16,22H,2,10H2,1H3/t16-/m0/s1. The number of aromatic nitrogens is 2. The molecule has 6 heteroatoms. The van der Waals surface area contributed by atoms with Gasteiger partial charge in [0.25, 0.3) is 0 Å². The number of aliphatic hydroxyl groups excluding tert-OH is 1. The van der Waals surface area contributed by atoms with Crippen molar-refractivity contribution >= 4 is 11.0 Å². The molecule has 1 atom stereocenters. The monoisotopic (exact) mass is 318 g/mol. The molecule has 0 bridgehead atoms. The first kappa shape index (κ1) is 15.4. The smallest absolute Gasteiger partial charge is 0.329 e. The Bertz CT molecular complexity index is 915. The zero-order valence-corrected chi connectivity index (χ0v) is 12.5. The highest BCUT2D eigenvalue weighted by Gasteiger charge is 2.18. The maximum Gasteiger partial charge on any atom is 0.329 e. The molecule has 1 aromatic heterocycles. The lowest BCUT2D eigenvalue weighted by Gasteiger charge is -2.13. The number of fused-ring (bicyclic) bond motifs is 1. The van der Waals surface area contributed by atoms with E-state index in [1.165, 1.54) is 10.6 Å². The number of halogens is 2. The maximum absolute atomic E-state index is 13.8. The fourth-order valence-corrected chi connectivity index (χ4v) is 2.80. The Kier molecular flexibility index (Phi) is 4.00. The Morgan fingerprint density at radius 1 is 1.09 bits per heavy atom. The van der Waals surface area contributed by atoms with Crippen molar-refractivity contribution in [3.63, 3.8) is 0 Å². The zero-order chi connectivity index (χ0) is 16.6. The third-order valence-corrected chi connectivity index (χ3v) is 3.92. The first-order valence-electron chi connectivity index (χ1n) is 7.34. The molecule has 0 amide bonds. The van der Waals surface area contributed by atoms with E-state index in [1.54, 1.807) is 16.7 Å². The molecule has 3 rings (SSSR count). The van der Waals surface area contributed by atoms with Crippen LogP contribution in [0.4, 0.5) is 8.78 Å². The Hall–Kier alpha value is -2.47. The summed E-state index contributed by atoms with van der Waals surface area (Å²) < 4.78 is 29.8. The minimum absolute atomic E-state index is 0.0355. The second-order valence-electron chi connectivity index (χ2n) is 5.31. The molecular weight excluding hydrogens is 302 g/mol. The summed E-state index contributed by atoms with van der Waals surface area (Å²) in [5.74, 6) is -1.54.